The molecule has 0 saturated heterocycles. The van der Waals surface area contributed by atoms with Gasteiger partial charge in [-0.25, -0.2) is 19.0 Å². The number of aryl methyl sites for hydroxylation is 3. The van der Waals surface area contributed by atoms with Crippen LogP contribution < -0.4 is 0 Å². The van der Waals surface area contributed by atoms with E-state index in [2.05, 4.69) is 25.1 Å². The minimum Gasteiger partial charge on any atom is -0.271 e. The Bertz CT molecular complexity index is 1140. The van der Waals surface area contributed by atoms with Crippen LogP contribution >= 0.6 is 0 Å². The first-order chi connectivity index (χ1) is 13.4. The second-order valence-electron chi connectivity index (χ2n) is 6.79. The molecule has 0 saturated carbocycles. The predicted octanol–water partition coefficient (Wildman–Crippen LogP) is 3.11. The zero-order valence-corrected chi connectivity index (χ0v) is 16.2. The van der Waals surface area contributed by atoms with E-state index in [9.17, 15) is 4.39 Å². The van der Waals surface area contributed by atoms with Crippen LogP contribution in [-0.2, 0) is 13.5 Å². The lowest BCUT2D eigenvalue weighted by atomic mass is 10.1. The number of halogens is 1. The summed E-state index contributed by atoms with van der Waals surface area (Å²) in [4.78, 5) is 12.9. The summed E-state index contributed by atoms with van der Waals surface area (Å²) in [6.45, 7) is 5.94. The molecule has 0 amide bonds. The molecule has 0 fully saturated rings. The Hall–Kier alpha value is -3.42. The predicted molar refractivity (Wildman–Crippen MR) is 103 cm³/mol. The first-order valence-electron chi connectivity index (χ1n) is 8.91. The zero-order valence-electron chi connectivity index (χ0n) is 16.2. The number of hydrogen-bond acceptors (Lipinski definition) is 5. The van der Waals surface area contributed by atoms with Crippen molar-refractivity contribution in [2.75, 3.05) is 0 Å². The van der Waals surface area contributed by atoms with Crippen molar-refractivity contribution in [1.82, 2.24) is 34.5 Å². The lowest BCUT2D eigenvalue weighted by molar-refractivity contribution is 0.621. The van der Waals surface area contributed by atoms with Crippen LogP contribution in [0.15, 0.2) is 36.8 Å². The maximum absolute atomic E-state index is 13.2. The number of aromatic nitrogens is 7. The molecule has 0 aliphatic heterocycles. The van der Waals surface area contributed by atoms with E-state index in [-0.39, 0.29) is 5.82 Å². The fourth-order valence-electron chi connectivity index (χ4n) is 3.30. The largest absolute Gasteiger partial charge is 0.271 e. The second-order valence-corrected chi connectivity index (χ2v) is 6.79. The Labute approximate surface area is 161 Å². The third-order valence-electron chi connectivity index (χ3n) is 4.68. The Morgan fingerprint density at radius 3 is 2.50 bits per heavy atom. The van der Waals surface area contributed by atoms with Gasteiger partial charge < -0.3 is 0 Å². The Kier molecular flexibility index (Phi) is 4.46. The van der Waals surface area contributed by atoms with Crippen molar-refractivity contribution in [3.63, 3.8) is 0 Å². The molecule has 0 atom stereocenters. The lowest BCUT2D eigenvalue weighted by Crippen LogP contribution is -2.06. The minimum absolute atomic E-state index is 0.366. The molecule has 4 aromatic rings. The molecule has 0 unspecified atom stereocenters. The molecule has 0 spiro atoms. The van der Waals surface area contributed by atoms with Gasteiger partial charge in [0, 0.05) is 36.5 Å². The Morgan fingerprint density at radius 1 is 1.00 bits per heavy atom. The highest BCUT2D eigenvalue weighted by Gasteiger charge is 2.16. The highest BCUT2D eigenvalue weighted by molar-refractivity contribution is 5.59. The first-order valence-corrected chi connectivity index (χ1v) is 8.91. The molecule has 0 radical (unpaired) electrons. The average Bonchev–Trinajstić information content (AvgIpc) is 3.15. The highest BCUT2D eigenvalue weighted by Crippen LogP contribution is 2.24. The molecule has 142 valence electrons. The van der Waals surface area contributed by atoms with Crippen LogP contribution in [0.2, 0.25) is 0 Å². The van der Waals surface area contributed by atoms with Crippen LogP contribution in [0, 0.1) is 26.6 Å². The highest BCUT2D eigenvalue weighted by atomic mass is 19.1. The number of nitrogens with zero attached hydrogens (tertiary/aromatic N) is 7. The second kappa shape index (κ2) is 6.95. The van der Waals surface area contributed by atoms with Crippen LogP contribution in [0.4, 0.5) is 4.39 Å². The molecule has 0 aromatic carbocycles. The molecule has 4 aromatic heterocycles. The van der Waals surface area contributed by atoms with Gasteiger partial charge in [-0.05, 0) is 39.0 Å². The maximum Gasteiger partial charge on any atom is 0.157 e. The van der Waals surface area contributed by atoms with Crippen molar-refractivity contribution < 1.29 is 4.39 Å². The fraction of sp³-hybridized carbons (Fsp3) is 0.250. The summed E-state index contributed by atoms with van der Waals surface area (Å²) in [5.41, 5.74) is 6.21. The van der Waals surface area contributed by atoms with E-state index in [0.717, 1.165) is 39.9 Å². The quantitative estimate of drug-likeness (QED) is 0.546. The molecule has 4 heterocycles. The summed E-state index contributed by atoms with van der Waals surface area (Å²) in [7, 11) is 1.89. The van der Waals surface area contributed by atoms with E-state index < -0.39 is 0 Å². The molecular formula is C20H20FN7. The Balaban J connectivity index is 1.67. The van der Waals surface area contributed by atoms with E-state index in [4.69, 9.17) is 0 Å². The summed E-state index contributed by atoms with van der Waals surface area (Å²) in [6.07, 6.45) is 3.34. The van der Waals surface area contributed by atoms with Gasteiger partial charge in [0.15, 0.2) is 5.82 Å². The van der Waals surface area contributed by atoms with E-state index in [0.29, 0.717) is 12.1 Å². The van der Waals surface area contributed by atoms with E-state index in [1.165, 1.54) is 12.3 Å². The van der Waals surface area contributed by atoms with Crippen LogP contribution in [0.1, 0.15) is 28.3 Å². The number of pyridine rings is 1. The van der Waals surface area contributed by atoms with Crippen molar-refractivity contribution in [2.24, 2.45) is 7.05 Å². The van der Waals surface area contributed by atoms with Crippen molar-refractivity contribution >= 4 is 0 Å². The van der Waals surface area contributed by atoms with Gasteiger partial charge in [-0.3, -0.25) is 9.67 Å². The number of hydrogen-bond donors (Lipinski definition) is 0. The normalized spacial score (nSPS) is 11.2. The van der Waals surface area contributed by atoms with Gasteiger partial charge in [0.05, 0.1) is 23.3 Å². The molecule has 0 aliphatic carbocycles. The SMILES string of the molecule is Cc1cc(C)n(-c2cc(Cc3c(C)c(-c4ccc(F)cn4)nn3C)ncn2)n1. The first kappa shape index (κ1) is 18.0. The van der Waals surface area contributed by atoms with Gasteiger partial charge in [-0.15, -0.1) is 0 Å². The molecule has 7 nitrogen and oxygen atoms in total. The van der Waals surface area contributed by atoms with Crippen molar-refractivity contribution in [3.8, 4) is 17.2 Å². The van der Waals surface area contributed by atoms with Crippen LogP contribution in [-0.4, -0.2) is 34.5 Å². The standard InChI is InChI=1S/C20H20FN7/c1-12-7-13(2)28(25-12)19-9-16(23-11-24-19)8-18-14(3)20(26-27(18)4)17-6-5-15(21)10-22-17/h5-7,9-11H,8H2,1-4H3. The monoisotopic (exact) mass is 377 g/mol. The molecule has 0 bridgehead atoms. The van der Waals surface area contributed by atoms with Gasteiger partial charge in [-0.1, -0.05) is 0 Å². The molecular weight excluding hydrogens is 357 g/mol. The summed E-state index contributed by atoms with van der Waals surface area (Å²) in [5.74, 6) is 0.367. The Morgan fingerprint density at radius 2 is 1.82 bits per heavy atom. The summed E-state index contributed by atoms with van der Waals surface area (Å²) >= 11 is 0. The molecule has 0 N–H and O–H groups in total. The molecule has 0 aliphatic rings. The van der Waals surface area contributed by atoms with Gasteiger partial charge in [0.2, 0.25) is 0 Å². The van der Waals surface area contributed by atoms with Gasteiger partial charge in [0.25, 0.3) is 0 Å². The van der Waals surface area contributed by atoms with Crippen LogP contribution in [0.5, 0.6) is 0 Å². The minimum atomic E-state index is -0.366. The number of rotatable bonds is 4. The van der Waals surface area contributed by atoms with E-state index in [1.54, 1.807) is 12.4 Å². The lowest BCUT2D eigenvalue weighted by Gasteiger charge is -2.07. The third-order valence-corrected chi connectivity index (χ3v) is 4.68. The summed E-state index contributed by atoms with van der Waals surface area (Å²) in [5, 5.41) is 9.06. The fourth-order valence-corrected chi connectivity index (χ4v) is 3.30. The molecule has 8 heteroatoms. The molecule has 4 rings (SSSR count). The van der Waals surface area contributed by atoms with E-state index >= 15 is 0 Å². The summed E-state index contributed by atoms with van der Waals surface area (Å²) in [6, 6.07) is 6.97. The van der Waals surface area contributed by atoms with Crippen LogP contribution in [0.25, 0.3) is 17.2 Å². The summed E-state index contributed by atoms with van der Waals surface area (Å²) < 4.78 is 16.8. The average molecular weight is 377 g/mol. The molecule has 28 heavy (non-hydrogen) atoms. The third kappa shape index (κ3) is 3.28. The topological polar surface area (TPSA) is 74.3 Å². The van der Waals surface area contributed by atoms with Crippen molar-refractivity contribution in [1.29, 1.82) is 0 Å². The maximum atomic E-state index is 13.2. The van der Waals surface area contributed by atoms with Gasteiger partial charge >= 0.3 is 0 Å². The van der Waals surface area contributed by atoms with Gasteiger partial charge in [0.1, 0.15) is 17.8 Å². The van der Waals surface area contributed by atoms with Crippen molar-refractivity contribution in [2.45, 2.75) is 27.2 Å². The van der Waals surface area contributed by atoms with Crippen molar-refractivity contribution in [3.05, 3.63) is 70.9 Å². The van der Waals surface area contributed by atoms with Crippen LogP contribution in [0.3, 0.4) is 0 Å². The smallest absolute Gasteiger partial charge is 0.157 e. The van der Waals surface area contributed by atoms with E-state index in [1.807, 2.05) is 49.3 Å². The van der Waals surface area contributed by atoms with Gasteiger partial charge in [-0.2, -0.15) is 10.2 Å². The zero-order chi connectivity index (χ0) is 19.8.